The van der Waals surface area contributed by atoms with Crippen molar-refractivity contribution in [3.05, 3.63) is 29.6 Å². The first-order valence-electron chi connectivity index (χ1n) is 7.83. The second-order valence-corrected chi connectivity index (χ2v) is 6.12. The first kappa shape index (κ1) is 14.0. The van der Waals surface area contributed by atoms with E-state index in [1.165, 1.54) is 30.5 Å². The van der Waals surface area contributed by atoms with E-state index in [0.29, 0.717) is 18.1 Å². The van der Waals surface area contributed by atoms with E-state index in [4.69, 9.17) is 10.6 Å². The largest absolute Gasteiger partial charge is 0.378 e. The Bertz CT molecular complexity index is 445. The Morgan fingerprint density at radius 1 is 1.50 bits per heavy atom. The minimum Gasteiger partial charge on any atom is -0.378 e. The normalized spacial score (nSPS) is 29.8. The van der Waals surface area contributed by atoms with Gasteiger partial charge in [0.15, 0.2) is 0 Å². The van der Waals surface area contributed by atoms with Gasteiger partial charge in [0.2, 0.25) is 0 Å². The zero-order valence-electron chi connectivity index (χ0n) is 12.2. The Hall–Kier alpha value is -0.970. The lowest BCUT2D eigenvalue weighted by molar-refractivity contribution is -0.0298. The molecule has 1 heterocycles. The first-order valence-corrected chi connectivity index (χ1v) is 7.83. The van der Waals surface area contributed by atoms with Crippen LogP contribution >= 0.6 is 0 Å². The molecule has 20 heavy (non-hydrogen) atoms. The second-order valence-electron chi connectivity index (χ2n) is 6.12. The fraction of sp³-hybridized carbons (Fsp3) is 0.688. The number of hydrazine groups is 1. The number of pyridine rings is 1. The maximum absolute atomic E-state index is 5.82. The van der Waals surface area contributed by atoms with E-state index in [2.05, 4.69) is 23.4 Å². The fourth-order valence-electron chi connectivity index (χ4n) is 3.78. The Morgan fingerprint density at radius 3 is 3.10 bits per heavy atom. The zero-order chi connectivity index (χ0) is 13.9. The number of hydrogen-bond donors (Lipinski definition) is 2. The van der Waals surface area contributed by atoms with E-state index in [9.17, 15) is 0 Å². The van der Waals surface area contributed by atoms with Gasteiger partial charge in [0, 0.05) is 30.5 Å². The van der Waals surface area contributed by atoms with E-state index in [0.717, 1.165) is 25.4 Å². The Morgan fingerprint density at radius 2 is 2.35 bits per heavy atom. The lowest BCUT2D eigenvalue weighted by Crippen LogP contribution is -2.43. The number of hydrogen-bond acceptors (Lipinski definition) is 4. The van der Waals surface area contributed by atoms with Gasteiger partial charge in [0.25, 0.3) is 0 Å². The lowest BCUT2D eigenvalue weighted by atomic mass is 9.76. The van der Waals surface area contributed by atoms with Gasteiger partial charge in [0.1, 0.15) is 0 Å². The average molecular weight is 275 g/mol. The topological polar surface area (TPSA) is 60.2 Å². The fourth-order valence-corrected chi connectivity index (χ4v) is 3.78. The van der Waals surface area contributed by atoms with Crippen LogP contribution in [0.1, 0.15) is 49.8 Å². The van der Waals surface area contributed by atoms with Crippen molar-refractivity contribution in [2.24, 2.45) is 11.8 Å². The second kappa shape index (κ2) is 6.20. The van der Waals surface area contributed by atoms with E-state index < -0.39 is 0 Å². The molecule has 3 rings (SSSR count). The number of rotatable bonds is 6. The SMILES string of the molecule is CCOC1CC(CC(NN)C2CCc3cccnc32)C1. The van der Waals surface area contributed by atoms with Gasteiger partial charge in [-0.15, -0.1) is 0 Å². The molecule has 1 aromatic rings. The predicted molar refractivity (Wildman–Crippen MR) is 79.2 cm³/mol. The van der Waals surface area contributed by atoms with Gasteiger partial charge >= 0.3 is 0 Å². The van der Waals surface area contributed by atoms with Crippen LogP contribution in [0.3, 0.4) is 0 Å². The average Bonchev–Trinajstić information content (AvgIpc) is 2.85. The third kappa shape index (κ3) is 2.73. The van der Waals surface area contributed by atoms with Crippen LogP contribution in [0, 0.1) is 5.92 Å². The number of aromatic nitrogens is 1. The molecule has 1 aromatic heterocycles. The summed E-state index contributed by atoms with van der Waals surface area (Å²) in [6.45, 7) is 2.90. The van der Waals surface area contributed by atoms with Gasteiger partial charge < -0.3 is 4.74 Å². The van der Waals surface area contributed by atoms with Crippen LogP contribution in [-0.2, 0) is 11.2 Å². The van der Waals surface area contributed by atoms with Gasteiger partial charge in [-0.1, -0.05) is 6.07 Å². The molecular formula is C16H25N3O. The van der Waals surface area contributed by atoms with Gasteiger partial charge in [-0.3, -0.25) is 16.3 Å². The molecule has 0 saturated heterocycles. The van der Waals surface area contributed by atoms with Crippen molar-refractivity contribution in [1.82, 2.24) is 10.4 Å². The highest BCUT2D eigenvalue weighted by atomic mass is 16.5. The summed E-state index contributed by atoms with van der Waals surface area (Å²) in [5.41, 5.74) is 5.71. The van der Waals surface area contributed by atoms with Crippen LogP contribution in [0.2, 0.25) is 0 Å². The van der Waals surface area contributed by atoms with Gasteiger partial charge in [-0.2, -0.15) is 0 Å². The third-order valence-corrected chi connectivity index (χ3v) is 4.88. The molecule has 0 aliphatic heterocycles. The third-order valence-electron chi connectivity index (χ3n) is 4.88. The number of aryl methyl sites for hydroxylation is 1. The lowest BCUT2D eigenvalue weighted by Gasteiger charge is -2.38. The molecule has 1 fully saturated rings. The van der Waals surface area contributed by atoms with Crippen LogP contribution < -0.4 is 11.3 Å². The van der Waals surface area contributed by atoms with Crippen molar-refractivity contribution in [1.29, 1.82) is 0 Å². The number of fused-ring (bicyclic) bond motifs is 1. The Balaban J connectivity index is 1.58. The number of ether oxygens (including phenoxy) is 1. The maximum atomic E-state index is 5.82. The number of nitrogens with zero attached hydrogens (tertiary/aromatic N) is 1. The Kier molecular flexibility index (Phi) is 4.34. The summed E-state index contributed by atoms with van der Waals surface area (Å²) in [4.78, 5) is 4.58. The van der Waals surface area contributed by atoms with Crippen molar-refractivity contribution in [3.63, 3.8) is 0 Å². The summed E-state index contributed by atoms with van der Waals surface area (Å²) < 4.78 is 5.64. The minimum absolute atomic E-state index is 0.346. The van der Waals surface area contributed by atoms with E-state index in [1.54, 1.807) is 0 Å². The molecule has 1 saturated carbocycles. The van der Waals surface area contributed by atoms with E-state index >= 15 is 0 Å². The highest BCUT2D eigenvalue weighted by molar-refractivity contribution is 5.30. The van der Waals surface area contributed by atoms with Crippen molar-refractivity contribution < 1.29 is 4.74 Å². The van der Waals surface area contributed by atoms with Gasteiger partial charge in [-0.05, 0) is 56.6 Å². The summed E-state index contributed by atoms with van der Waals surface area (Å²) in [7, 11) is 0. The quantitative estimate of drug-likeness (QED) is 0.617. The molecule has 2 aliphatic carbocycles. The molecule has 2 unspecified atom stereocenters. The Labute approximate surface area is 121 Å². The summed E-state index contributed by atoms with van der Waals surface area (Å²) >= 11 is 0. The van der Waals surface area contributed by atoms with E-state index in [-0.39, 0.29) is 0 Å². The maximum Gasteiger partial charge on any atom is 0.0580 e. The summed E-state index contributed by atoms with van der Waals surface area (Å²) in [6, 6.07) is 4.58. The van der Waals surface area contributed by atoms with Crippen LogP contribution in [-0.4, -0.2) is 23.7 Å². The molecule has 0 bridgehead atoms. The van der Waals surface area contributed by atoms with Crippen LogP contribution in [0.25, 0.3) is 0 Å². The molecule has 0 aromatic carbocycles. The molecule has 0 spiro atoms. The highest BCUT2D eigenvalue weighted by Crippen LogP contribution is 2.40. The van der Waals surface area contributed by atoms with Crippen molar-refractivity contribution in [2.45, 2.75) is 57.1 Å². The molecule has 4 nitrogen and oxygen atoms in total. The van der Waals surface area contributed by atoms with Crippen molar-refractivity contribution in [3.8, 4) is 0 Å². The highest BCUT2D eigenvalue weighted by Gasteiger charge is 2.36. The van der Waals surface area contributed by atoms with Crippen LogP contribution in [0.15, 0.2) is 18.3 Å². The monoisotopic (exact) mass is 275 g/mol. The summed E-state index contributed by atoms with van der Waals surface area (Å²) in [6.07, 6.45) is 8.21. The number of nitrogens with two attached hydrogens (primary N) is 1. The number of nitrogens with one attached hydrogen (secondary N) is 1. The summed E-state index contributed by atoms with van der Waals surface area (Å²) in [5, 5.41) is 0. The zero-order valence-corrected chi connectivity index (χ0v) is 12.2. The molecule has 3 N–H and O–H groups in total. The molecule has 2 atom stereocenters. The standard InChI is InChI=1S/C16H25N3O/c1-2-20-13-8-11(9-13)10-15(19-17)14-6-5-12-4-3-7-18-16(12)14/h3-4,7,11,13-15,19H,2,5-6,8-10,17H2,1H3. The first-order chi connectivity index (χ1) is 9.81. The van der Waals surface area contributed by atoms with Gasteiger partial charge in [0.05, 0.1) is 6.10 Å². The molecule has 0 radical (unpaired) electrons. The molecule has 4 heteroatoms. The van der Waals surface area contributed by atoms with E-state index in [1.807, 2.05) is 12.3 Å². The predicted octanol–water partition coefficient (Wildman–Crippen LogP) is 2.15. The smallest absolute Gasteiger partial charge is 0.0580 e. The van der Waals surface area contributed by atoms with Crippen LogP contribution in [0.5, 0.6) is 0 Å². The summed E-state index contributed by atoms with van der Waals surface area (Å²) in [5.74, 6) is 7.05. The van der Waals surface area contributed by atoms with Gasteiger partial charge in [-0.25, -0.2) is 0 Å². The van der Waals surface area contributed by atoms with Crippen molar-refractivity contribution in [2.75, 3.05) is 6.61 Å². The minimum atomic E-state index is 0.346. The van der Waals surface area contributed by atoms with Crippen molar-refractivity contribution >= 4 is 0 Å². The molecule has 2 aliphatic rings. The van der Waals surface area contributed by atoms with Crippen LogP contribution in [0.4, 0.5) is 0 Å². The molecule has 0 amide bonds. The molecular weight excluding hydrogens is 250 g/mol. The molecule has 110 valence electrons.